The van der Waals surface area contributed by atoms with E-state index in [2.05, 4.69) is 0 Å². The van der Waals surface area contributed by atoms with Crippen LogP contribution in [0.25, 0.3) is 10.8 Å². The van der Waals surface area contributed by atoms with E-state index >= 15 is 0 Å². The maximum Gasteiger partial charge on any atom is 0.264 e. The second-order valence-corrected chi connectivity index (χ2v) is 7.07. The van der Waals surface area contributed by atoms with Crippen LogP contribution >= 0.6 is 0 Å². The molecule has 1 N–H and O–H groups in total. The molecule has 0 aromatic heterocycles. The number of nitrogens with zero attached hydrogens (tertiary/aromatic N) is 1. The van der Waals surface area contributed by atoms with Gasteiger partial charge in [0.1, 0.15) is 18.1 Å². The lowest BCUT2D eigenvalue weighted by atomic mass is 9.90. The van der Waals surface area contributed by atoms with Crippen LogP contribution in [-0.4, -0.2) is 29.9 Å². The maximum atomic E-state index is 12.9. The van der Waals surface area contributed by atoms with Crippen LogP contribution in [0.15, 0.2) is 66.7 Å². The minimum absolute atomic E-state index is 0.231. The van der Waals surface area contributed by atoms with Gasteiger partial charge in [-0.15, -0.1) is 0 Å². The summed E-state index contributed by atoms with van der Waals surface area (Å²) in [6.07, 6.45) is -0.231. The van der Waals surface area contributed by atoms with Gasteiger partial charge in [-0.1, -0.05) is 48.5 Å². The highest BCUT2D eigenvalue weighted by Crippen LogP contribution is 2.42. The van der Waals surface area contributed by atoms with Gasteiger partial charge in [-0.3, -0.25) is 9.59 Å². The van der Waals surface area contributed by atoms with Crippen molar-refractivity contribution < 1.29 is 19.4 Å². The lowest BCUT2D eigenvalue weighted by molar-refractivity contribution is -0.141. The molecule has 1 aliphatic rings. The van der Waals surface area contributed by atoms with Crippen LogP contribution in [0.1, 0.15) is 18.9 Å². The Labute approximate surface area is 163 Å². The van der Waals surface area contributed by atoms with Crippen LogP contribution in [-0.2, 0) is 15.2 Å². The molecule has 5 heteroatoms. The molecule has 0 fully saturated rings. The van der Waals surface area contributed by atoms with Crippen LogP contribution in [0, 0.1) is 0 Å². The number of ether oxygens (including phenoxy) is 1. The topological polar surface area (TPSA) is 66.8 Å². The minimum Gasteiger partial charge on any atom is -0.492 e. The SMILES string of the molecule is CC(=O)C[C@@]1(O)C(=O)N(CCOc2ccc3ccccc3c2)c2ccccc21. The number of carbonyl (C=O) groups excluding carboxylic acids is 2. The molecule has 4 rings (SSSR count). The molecule has 0 spiro atoms. The molecule has 3 aromatic carbocycles. The number of aliphatic hydroxyl groups is 1. The maximum absolute atomic E-state index is 12.9. The number of para-hydroxylation sites is 1. The molecule has 0 radical (unpaired) electrons. The lowest BCUT2D eigenvalue weighted by Crippen LogP contribution is -2.43. The average Bonchev–Trinajstić information content (AvgIpc) is 2.89. The molecule has 142 valence electrons. The molecule has 1 aliphatic heterocycles. The highest BCUT2D eigenvalue weighted by Gasteiger charge is 2.50. The molecular weight excluding hydrogens is 354 g/mol. The highest BCUT2D eigenvalue weighted by atomic mass is 16.5. The Kier molecular flexibility index (Phi) is 4.61. The van der Waals surface area contributed by atoms with Gasteiger partial charge < -0.3 is 14.7 Å². The van der Waals surface area contributed by atoms with Gasteiger partial charge in [-0.05, 0) is 35.9 Å². The lowest BCUT2D eigenvalue weighted by Gasteiger charge is -2.22. The third-order valence-corrected chi connectivity index (χ3v) is 5.05. The van der Waals surface area contributed by atoms with E-state index in [1.165, 1.54) is 11.8 Å². The van der Waals surface area contributed by atoms with Gasteiger partial charge in [0, 0.05) is 12.0 Å². The van der Waals surface area contributed by atoms with E-state index < -0.39 is 11.5 Å². The number of Topliss-reactive ketones (excluding diaryl/α,β-unsaturated/α-hetero) is 1. The molecule has 0 saturated heterocycles. The van der Waals surface area contributed by atoms with Crippen molar-refractivity contribution in [3.05, 3.63) is 72.3 Å². The molecule has 1 amide bonds. The summed E-state index contributed by atoms with van der Waals surface area (Å²) < 4.78 is 5.85. The predicted molar refractivity (Wildman–Crippen MR) is 107 cm³/mol. The normalized spacial score (nSPS) is 18.4. The third-order valence-electron chi connectivity index (χ3n) is 5.05. The van der Waals surface area contributed by atoms with E-state index in [0.717, 1.165) is 16.5 Å². The zero-order valence-electron chi connectivity index (χ0n) is 15.6. The smallest absolute Gasteiger partial charge is 0.264 e. The minimum atomic E-state index is -1.80. The standard InChI is InChI=1S/C23H21NO4/c1-16(25)15-23(27)20-8-4-5-9-21(20)24(22(23)26)12-13-28-19-11-10-17-6-2-3-7-18(17)14-19/h2-11,14,27H,12-13,15H2,1H3/t23-/m0/s1. The fourth-order valence-electron chi connectivity index (χ4n) is 3.77. The molecule has 3 aromatic rings. The Morgan fingerprint density at radius 2 is 1.75 bits per heavy atom. The van der Waals surface area contributed by atoms with Gasteiger partial charge in [0.2, 0.25) is 0 Å². The second-order valence-electron chi connectivity index (χ2n) is 7.07. The van der Waals surface area contributed by atoms with Crippen molar-refractivity contribution in [1.29, 1.82) is 0 Å². The van der Waals surface area contributed by atoms with E-state index in [4.69, 9.17) is 4.74 Å². The number of carbonyl (C=O) groups is 2. The zero-order chi connectivity index (χ0) is 19.7. The molecular formula is C23H21NO4. The Morgan fingerprint density at radius 1 is 1.04 bits per heavy atom. The second kappa shape index (κ2) is 7.09. The van der Waals surface area contributed by atoms with Crippen molar-refractivity contribution in [2.45, 2.75) is 18.9 Å². The van der Waals surface area contributed by atoms with Crippen LogP contribution in [0.5, 0.6) is 5.75 Å². The number of amides is 1. The Morgan fingerprint density at radius 3 is 2.54 bits per heavy atom. The summed E-state index contributed by atoms with van der Waals surface area (Å²) in [5, 5.41) is 13.1. The number of ketones is 1. The van der Waals surface area contributed by atoms with E-state index in [-0.39, 0.29) is 25.4 Å². The summed E-state index contributed by atoms with van der Waals surface area (Å²) in [6, 6.07) is 20.9. The van der Waals surface area contributed by atoms with Crippen molar-refractivity contribution in [1.82, 2.24) is 0 Å². The summed E-state index contributed by atoms with van der Waals surface area (Å²) in [5.41, 5.74) is -0.704. The fraction of sp³-hybridized carbons (Fsp3) is 0.217. The molecule has 1 heterocycles. The van der Waals surface area contributed by atoms with E-state index in [1.54, 1.807) is 18.2 Å². The van der Waals surface area contributed by atoms with Crippen molar-refractivity contribution in [2.75, 3.05) is 18.1 Å². The van der Waals surface area contributed by atoms with Gasteiger partial charge in [0.25, 0.3) is 5.91 Å². The first kappa shape index (κ1) is 18.2. The number of benzene rings is 3. The van der Waals surface area contributed by atoms with E-state index in [0.29, 0.717) is 11.3 Å². The van der Waals surface area contributed by atoms with Crippen molar-refractivity contribution >= 4 is 28.2 Å². The number of hydrogen-bond donors (Lipinski definition) is 1. The van der Waals surface area contributed by atoms with Gasteiger partial charge in [-0.25, -0.2) is 0 Å². The number of anilines is 1. The third kappa shape index (κ3) is 3.14. The Bertz CT molecular complexity index is 1060. The number of fused-ring (bicyclic) bond motifs is 2. The number of hydrogen-bond acceptors (Lipinski definition) is 4. The van der Waals surface area contributed by atoms with Gasteiger partial charge >= 0.3 is 0 Å². The Hall–Kier alpha value is -3.18. The Balaban J connectivity index is 1.51. The first-order chi connectivity index (χ1) is 13.5. The van der Waals surface area contributed by atoms with Crippen LogP contribution < -0.4 is 9.64 Å². The van der Waals surface area contributed by atoms with Gasteiger partial charge in [0.15, 0.2) is 5.60 Å². The van der Waals surface area contributed by atoms with E-state index in [1.807, 2.05) is 48.5 Å². The molecule has 5 nitrogen and oxygen atoms in total. The zero-order valence-corrected chi connectivity index (χ0v) is 15.6. The summed E-state index contributed by atoms with van der Waals surface area (Å²) in [7, 11) is 0. The van der Waals surface area contributed by atoms with Crippen LogP contribution in [0.4, 0.5) is 5.69 Å². The highest BCUT2D eigenvalue weighted by molar-refractivity contribution is 6.08. The first-order valence-corrected chi connectivity index (χ1v) is 9.24. The first-order valence-electron chi connectivity index (χ1n) is 9.24. The average molecular weight is 375 g/mol. The molecule has 1 atom stereocenters. The molecule has 0 aliphatic carbocycles. The van der Waals surface area contributed by atoms with Crippen LogP contribution in [0.2, 0.25) is 0 Å². The van der Waals surface area contributed by atoms with Crippen molar-refractivity contribution in [3.63, 3.8) is 0 Å². The van der Waals surface area contributed by atoms with Crippen molar-refractivity contribution in [3.8, 4) is 5.75 Å². The summed E-state index contributed by atoms with van der Waals surface area (Å²) in [5.74, 6) is 0.00329. The van der Waals surface area contributed by atoms with Crippen molar-refractivity contribution in [2.24, 2.45) is 0 Å². The predicted octanol–water partition coefficient (Wildman–Crippen LogP) is 3.43. The van der Waals surface area contributed by atoms with E-state index in [9.17, 15) is 14.7 Å². The number of rotatable bonds is 6. The fourth-order valence-corrected chi connectivity index (χ4v) is 3.77. The molecule has 28 heavy (non-hydrogen) atoms. The summed E-state index contributed by atoms with van der Waals surface area (Å²) in [6.45, 7) is 1.93. The monoisotopic (exact) mass is 375 g/mol. The quantitative estimate of drug-likeness (QED) is 0.717. The molecule has 0 bridgehead atoms. The summed E-state index contributed by atoms with van der Waals surface area (Å²) in [4.78, 5) is 26.0. The van der Waals surface area contributed by atoms with Gasteiger partial charge in [0.05, 0.1) is 12.2 Å². The van der Waals surface area contributed by atoms with Gasteiger partial charge in [-0.2, -0.15) is 0 Å². The molecule has 0 saturated carbocycles. The molecule has 0 unspecified atom stereocenters. The summed E-state index contributed by atoms with van der Waals surface area (Å²) >= 11 is 0. The largest absolute Gasteiger partial charge is 0.492 e. The van der Waals surface area contributed by atoms with Crippen LogP contribution in [0.3, 0.4) is 0 Å².